The fourth-order valence-corrected chi connectivity index (χ4v) is 3.40. The van der Waals surface area contributed by atoms with E-state index in [1.165, 1.54) is 17.0 Å². The molecule has 0 saturated carbocycles. The second kappa shape index (κ2) is 8.10. The summed E-state index contributed by atoms with van der Waals surface area (Å²) in [5, 5.41) is 13.1. The van der Waals surface area contributed by atoms with Gasteiger partial charge in [-0.3, -0.25) is 4.79 Å². The molecule has 0 aliphatic carbocycles. The lowest BCUT2D eigenvalue weighted by atomic mass is 9.95. The number of aliphatic hydroxyl groups excluding tert-OH is 1. The molecule has 2 heterocycles. The van der Waals surface area contributed by atoms with Gasteiger partial charge in [0, 0.05) is 17.8 Å². The summed E-state index contributed by atoms with van der Waals surface area (Å²) in [6, 6.07) is 5.90. The number of nitrogens with zero attached hydrogens (tertiary/aromatic N) is 3. The van der Waals surface area contributed by atoms with Gasteiger partial charge in [0.15, 0.2) is 0 Å². The lowest BCUT2D eigenvalue weighted by molar-refractivity contribution is 0.0975. The molecule has 2 aromatic rings. The molecule has 0 spiro atoms. The van der Waals surface area contributed by atoms with Crippen LogP contribution in [-0.4, -0.2) is 39.7 Å². The largest absolute Gasteiger partial charge is 0.394 e. The van der Waals surface area contributed by atoms with E-state index in [1.54, 1.807) is 12.1 Å². The summed E-state index contributed by atoms with van der Waals surface area (Å²) in [5.74, 6) is -0.299. The van der Waals surface area contributed by atoms with Crippen molar-refractivity contribution in [3.63, 3.8) is 0 Å². The first-order valence-corrected chi connectivity index (χ1v) is 9.50. The van der Waals surface area contributed by atoms with E-state index >= 15 is 0 Å². The van der Waals surface area contributed by atoms with E-state index in [4.69, 9.17) is 5.73 Å². The Kier molecular flexibility index (Phi) is 5.79. The number of unbranched alkanes of at least 4 members (excludes halogenated alkanes) is 1. The Labute approximate surface area is 163 Å². The molecule has 1 atom stereocenters. The molecule has 150 valence electrons. The van der Waals surface area contributed by atoms with Gasteiger partial charge in [-0.25, -0.2) is 9.37 Å². The average molecular weight is 387 g/mol. The molecule has 7 nitrogen and oxygen atoms in total. The molecule has 0 bridgehead atoms. The average Bonchev–Trinajstić information content (AvgIpc) is 2.67. The van der Waals surface area contributed by atoms with Crippen molar-refractivity contribution in [3.8, 4) is 0 Å². The number of rotatable bonds is 7. The van der Waals surface area contributed by atoms with Crippen LogP contribution in [0.5, 0.6) is 0 Å². The van der Waals surface area contributed by atoms with Gasteiger partial charge in [0.25, 0.3) is 5.91 Å². The molecule has 0 radical (unpaired) electrons. The number of nitrogens with two attached hydrogens (primary N) is 1. The Morgan fingerprint density at radius 1 is 1.39 bits per heavy atom. The Morgan fingerprint density at radius 2 is 2.18 bits per heavy atom. The molecule has 0 saturated heterocycles. The third-order valence-corrected chi connectivity index (χ3v) is 5.03. The molecule has 1 aliphatic rings. The molecule has 8 heteroatoms. The number of amides is 1. The minimum atomic E-state index is -0.576. The molecule has 3 rings (SSSR count). The number of carbonyl (C=O) groups is 1. The van der Waals surface area contributed by atoms with Crippen molar-refractivity contribution in [2.24, 2.45) is 0 Å². The minimum absolute atomic E-state index is 0.0218. The van der Waals surface area contributed by atoms with E-state index in [2.05, 4.69) is 22.2 Å². The van der Waals surface area contributed by atoms with Crippen LogP contribution in [0.1, 0.15) is 49.2 Å². The zero-order chi connectivity index (χ0) is 20.3. The van der Waals surface area contributed by atoms with Gasteiger partial charge in [0.2, 0.25) is 5.95 Å². The molecule has 1 aromatic heterocycles. The van der Waals surface area contributed by atoms with Gasteiger partial charge in [-0.15, -0.1) is 0 Å². The predicted molar refractivity (Wildman–Crippen MR) is 107 cm³/mol. The van der Waals surface area contributed by atoms with Gasteiger partial charge in [-0.1, -0.05) is 25.8 Å². The van der Waals surface area contributed by atoms with Gasteiger partial charge in [-0.05, 0) is 38.0 Å². The fourth-order valence-electron chi connectivity index (χ4n) is 3.40. The quantitative estimate of drug-likeness (QED) is 0.675. The zero-order valence-electron chi connectivity index (χ0n) is 16.2. The number of carbonyl (C=O) groups excluding carboxylic acids is 1. The number of hydrogen-bond donors (Lipinski definition) is 3. The van der Waals surface area contributed by atoms with E-state index in [-0.39, 0.29) is 24.2 Å². The van der Waals surface area contributed by atoms with Crippen molar-refractivity contribution >= 4 is 23.4 Å². The maximum Gasteiger partial charge on any atom is 0.277 e. The first-order chi connectivity index (χ1) is 13.4. The van der Waals surface area contributed by atoms with Crippen LogP contribution in [0.4, 0.5) is 21.8 Å². The summed E-state index contributed by atoms with van der Waals surface area (Å²) in [6.45, 7) is 4.30. The van der Waals surface area contributed by atoms with Crippen molar-refractivity contribution in [1.82, 2.24) is 9.97 Å². The van der Waals surface area contributed by atoms with Crippen LogP contribution in [0, 0.1) is 5.82 Å². The standard InChI is InChI=1S/C20H26FN5O2/c1-3-4-9-20(2,12-27)25-17-15-8-10-26(14-7-5-6-13(21)11-14)18(28)16(15)23-19(22)24-17/h5-7,11,27H,3-4,8-10,12H2,1-2H3,(H3,22,23,24,25). The van der Waals surface area contributed by atoms with E-state index in [1.807, 2.05) is 6.92 Å². The number of nitrogens with one attached hydrogen (secondary N) is 1. The van der Waals surface area contributed by atoms with Crippen LogP contribution in [0.2, 0.25) is 0 Å². The fraction of sp³-hybridized carbons (Fsp3) is 0.450. The predicted octanol–water partition coefficient (Wildman–Crippen LogP) is 2.75. The Morgan fingerprint density at radius 3 is 2.86 bits per heavy atom. The van der Waals surface area contributed by atoms with E-state index < -0.39 is 11.4 Å². The lowest BCUT2D eigenvalue weighted by Gasteiger charge is -2.33. The van der Waals surface area contributed by atoms with Crippen LogP contribution in [-0.2, 0) is 6.42 Å². The third-order valence-electron chi connectivity index (χ3n) is 5.03. The van der Waals surface area contributed by atoms with E-state index in [0.29, 0.717) is 30.0 Å². The number of anilines is 3. The summed E-state index contributed by atoms with van der Waals surface area (Å²) < 4.78 is 13.6. The van der Waals surface area contributed by atoms with Gasteiger partial charge in [0.05, 0.1) is 12.1 Å². The number of benzene rings is 1. The minimum Gasteiger partial charge on any atom is -0.394 e. The summed E-state index contributed by atoms with van der Waals surface area (Å²) in [5.41, 5.74) is 6.64. The van der Waals surface area contributed by atoms with Gasteiger partial charge in [0.1, 0.15) is 17.3 Å². The number of nitrogen functional groups attached to an aromatic ring is 1. The Hall–Kier alpha value is -2.74. The highest BCUT2D eigenvalue weighted by molar-refractivity contribution is 6.07. The van der Waals surface area contributed by atoms with E-state index in [9.17, 15) is 14.3 Å². The Bertz CT molecular complexity index is 876. The van der Waals surface area contributed by atoms with Crippen LogP contribution in [0.15, 0.2) is 24.3 Å². The summed E-state index contributed by atoms with van der Waals surface area (Å²) in [7, 11) is 0. The third kappa shape index (κ3) is 4.06. The van der Waals surface area contributed by atoms with Crippen LogP contribution in [0.3, 0.4) is 0 Å². The number of fused-ring (bicyclic) bond motifs is 1. The molecule has 1 aromatic carbocycles. The smallest absolute Gasteiger partial charge is 0.277 e. The summed E-state index contributed by atoms with van der Waals surface area (Å²) in [4.78, 5) is 22.9. The highest BCUT2D eigenvalue weighted by Crippen LogP contribution is 2.30. The molecule has 4 N–H and O–H groups in total. The second-order valence-corrected chi connectivity index (χ2v) is 7.39. The number of aromatic nitrogens is 2. The normalized spacial score (nSPS) is 15.9. The topological polar surface area (TPSA) is 104 Å². The highest BCUT2D eigenvalue weighted by atomic mass is 19.1. The maximum atomic E-state index is 13.6. The molecule has 28 heavy (non-hydrogen) atoms. The van der Waals surface area contributed by atoms with Crippen molar-refractivity contribution < 1.29 is 14.3 Å². The monoisotopic (exact) mass is 387 g/mol. The molecule has 1 unspecified atom stereocenters. The summed E-state index contributed by atoms with van der Waals surface area (Å²) >= 11 is 0. The number of halogens is 1. The first-order valence-electron chi connectivity index (χ1n) is 9.50. The van der Waals surface area contributed by atoms with Crippen LogP contribution < -0.4 is 16.0 Å². The van der Waals surface area contributed by atoms with Crippen molar-refractivity contribution in [2.45, 2.75) is 45.1 Å². The highest BCUT2D eigenvalue weighted by Gasteiger charge is 2.32. The van der Waals surface area contributed by atoms with Crippen molar-refractivity contribution in [2.75, 3.05) is 29.1 Å². The van der Waals surface area contributed by atoms with Crippen LogP contribution >= 0.6 is 0 Å². The molecule has 1 amide bonds. The molecular weight excluding hydrogens is 361 g/mol. The summed E-state index contributed by atoms with van der Waals surface area (Å²) in [6.07, 6.45) is 3.19. The van der Waals surface area contributed by atoms with Gasteiger partial charge in [-0.2, -0.15) is 4.98 Å². The van der Waals surface area contributed by atoms with Crippen LogP contribution in [0.25, 0.3) is 0 Å². The van der Waals surface area contributed by atoms with Crippen molar-refractivity contribution in [1.29, 1.82) is 0 Å². The number of hydrogen-bond acceptors (Lipinski definition) is 6. The van der Waals surface area contributed by atoms with Crippen molar-refractivity contribution in [3.05, 3.63) is 41.3 Å². The SMILES string of the molecule is CCCCC(C)(CO)Nc1nc(N)nc2c1CCN(c1cccc(F)c1)C2=O. The number of aliphatic hydroxyl groups is 1. The van der Waals surface area contributed by atoms with Gasteiger partial charge >= 0.3 is 0 Å². The Balaban J connectivity index is 1.94. The first kappa shape index (κ1) is 20.0. The molecule has 0 fully saturated rings. The maximum absolute atomic E-state index is 13.6. The zero-order valence-corrected chi connectivity index (χ0v) is 16.2. The second-order valence-electron chi connectivity index (χ2n) is 7.39. The molecular formula is C20H26FN5O2. The van der Waals surface area contributed by atoms with Gasteiger partial charge < -0.3 is 21.1 Å². The lowest BCUT2D eigenvalue weighted by Crippen LogP contribution is -2.42. The van der Waals surface area contributed by atoms with E-state index in [0.717, 1.165) is 19.3 Å². The molecule has 1 aliphatic heterocycles.